The number of carbonyl (C=O) groups excluding carboxylic acids is 2. The molecule has 0 aromatic heterocycles. The van der Waals surface area contributed by atoms with Crippen molar-refractivity contribution >= 4 is 11.9 Å². The number of fused-ring (bicyclic) bond motifs is 2. The summed E-state index contributed by atoms with van der Waals surface area (Å²) < 4.78 is 35.2. The van der Waals surface area contributed by atoms with E-state index in [-0.39, 0.29) is 6.42 Å². The van der Waals surface area contributed by atoms with Crippen LogP contribution in [-0.2, 0) is 39.9 Å². The zero-order chi connectivity index (χ0) is 24.4. The van der Waals surface area contributed by atoms with E-state index in [1.165, 1.54) is 28.3 Å². The van der Waals surface area contributed by atoms with Crippen LogP contribution in [0.2, 0.25) is 0 Å². The lowest BCUT2D eigenvalue weighted by Gasteiger charge is -2.53. The fourth-order valence-corrected chi connectivity index (χ4v) is 6.17. The van der Waals surface area contributed by atoms with Gasteiger partial charge in [-0.3, -0.25) is 4.79 Å². The Morgan fingerprint density at radius 3 is 2.56 bits per heavy atom. The maximum Gasteiger partial charge on any atom is 0.337 e. The minimum Gasteiger partial charge on any atom is -0.496 e. The van der Waals surface area contributed by atoms with Crippen molar-refractivity contribution in [1.29, 1.82) is 0 Å². The maximum absolute atomic E-state index is 12.9. The standard InChI is InChI=1S/C25H30O9/c1-12-24(28)19(33-13(2)26)11-18(32-12)20-17(29-3)10-16(22(30-4)21(20)24)25(31-5)15-9-7-6-8-14(15)23(27)34-25/h10,12,18-19,28H,6-9,11H2,1-5H3/t12-,18-,19-,24-,25?/m1/s1. The first-order valence-electron chi connectivity index (χ1n) is 11.6. The number of esters is 2. The smallest absolute Gasteiger partial charge is 0.337 e. The second-order valence-corrected chi connectivity index (χ2v) is 9.25. The fourth-order valence-electron chi connectivity index (χ4n) is 6.17. The SMILES string of the molecule is COc1cc(C2(OC)OC(=O)C3=C2CCCC3)c(OC)c2c1[C@H]1C[C@@H](OC(C)=O)[C@]2(O)[C@@H](C)O1. The quantitative estimate of drug-likeness (QED) is 0.644. The number of hydrogen-bond donors (Lipinski definition) is 1. The normalized spacial score (nSPS) is 33.8. The van der Waals surface area contributed by atoms with Crippen LogP contribution in [-0.4, -0.2) is 50.6 Å². The van der Waals surface area contributed by atoms with Gasteiger partial charge in [-0.15, -0.1) is 0 Å². The molecule has 6 rings (SSSR count). The maximum atomic E-state index is 12.9. The van der Waals surface area contributed by atoms with Gasteiger partial charge >= 0.3 is 11.9 Å². The van der Waals surface area contributed by atoms with Gasteiger partial charge in [0.25, 0.3) is 5.79 Å². The second-order valence-electron chi connectivity index (χ2n) is 9.25. The van der Waals surface area contributed by atoms with Crippen molar-refractivity contribution in [3.05, 3.63) is 33.9 Å². The zero-order valence-electron chi connectivity index (χ0n) is 20.1. The third-order valence-electron chi connectivity index (χ3n) is 7.63. The van der Waals surface area contributed by atoms with E-state index in [0.29, 0.717) is 46.6 Å². The number of benzene rings is 1. The summed E-state index contributed by atoms with van der Waals surface area (Å²) in [6.45, 7) is 3.04. The predicted molar refractivity (Wildman–Crippen MR) is 117 cm³/mol. The van der Waals surface area contributed by atoms with E-state index in [2.05, 4.69) is 0 Å². The van der Waals surface area contributed by atoms with E-state index in [1.807, 2.05) is 0 Å². The van der Waals surface area contributed by atoms with Gasteiger partial charge in [0.15, 0.2) is 5.60 Å². The minimum atomic E-state index is -1.72. The summed E-state index contributed by atoms with van der Waals surface area (Å²) in [5.41, 5.74) is 1.12. The molecule has 2 bridgehead atoms. The van der Waals surface area contributed by atoms with Crippen molar-refractivity contribution < 1.29 is 43.1 Å². The van der Waals surface area contributed by atoms with E-state index in [0.717, 1.165) is 18.4 Å². The molecule has 184 valence electrons. The van der Waals surface area contributed by atoms with E-state index in [1.54, 1.807) is 13.0 Å². The molecule has 5 atom stereocenters. The molecule has 5 aliphatic rings. The Hall–Kier alpha value is -2.62. The van der Waals surface area contributed by atoms with Gasteiger partial charge in [0, 0.05) is 42.7 Å². The van der Waals surface area contributed by atoms with E-state index >= 15 is 0 Å². The molecule has 2 aliphatic carbocycles. The summed E-state index contributed by atoms with van der Waals surface area (Å²) in [5, 5.41) is 12.1. The molecule has 0 spiro atoms. The summed E-state index contributed by atoms with van der Waals surface area (Å²) in [6.07, 6.45) is 1.28. The Kier molecular flexibility index (Phi) is 5.42. The van der Waals surface area contributed by atoms with Gasteiger partial charge in [0.2, 0.25) is 0 Å². The van der Waals surface area contributed by atoms with Gasteiger partial charge in [-0.1, -0.05) is 0 Å². The molecule has 0 saturated carbocycles. The zero-order valence-corrected chi connectivity index (χ0v) is 20.1. The fraction of sp³-hybridized carbons (Fsp3) is 0.600. The molecule has 1 unspecified atom stereocenters. The average Bonchev–Trinajstić information content (AvgIpc) is 3.12. The first-order valence-corrected chi connectivity index (χ1v) is 11.6. The van der Waals surface area contributed by atoms with Crippen molar-refractivity contribution in [3.8, 4) is 11.5 Å². The van der Waals surface area contributed by atoms with Gasteiger partial charge < -0.3 is 33.5 Å². The molecular formula is C25H30O9. The Labute approximate surface area is 197 Å². The number of cyclic esters (lactones) is 1. The van der Waals surface area contributed by atoms with Gasteiger partial charge in [-0.25, -0.2) is 4.79 Å². The molecule has 1 saturated heterocycles. The van der Waals surface area contributed by atoms with Crippen LogP contribution in [0.15, 0.2) is 17.2 Å². The lowest BCUT2D eigenvalue weighted by atomic mass is 9.68. The molecule has 0 amide bonds. The Balaban J connectivity index is 1.81. The molecule has 1 aromatic carbocycles. The third kappa shape index (κ3) is 2.90. The first-order chi connectivity index (χ1) is 16.2. The molecule has 0 radical (unpaired) electrons. The molecule has 9 nitrogen and oxygen atoms in total. The van der Waals surface area contributed by atoms with Crippen molar-refractivity contribution in [1.82, 2.24) is 0 Å². The second kappa shape index (κ2) is 7.96. The van der Waals surface area contributed by atoms with Crippen LogP contribution in [0, 0.1) is 0 Å². The van der Waals surface area contributed by atoms with E-state index in [4.69, 9.17) is 28.4 Å². The summed E-state index contributed by atoms with van der Waals surface area (Å²) in [5.74, 6) is -1.68. The summed E-state index contributed by atoms with van der Waals surface area (Å²) in [4.78, 5) is 24.7. The largest absolute Gasteiger partial charge is 0.496 e. The average molecular weight is 475 g/mol. The van der Waals surface area contributed by atoms with Crippen molar-refractivity contribution in [2.45, 2.75) is 75.7 Å². The van der Waals surface area contributed by atoms with E-state index < -0.39 is 41.6 Å². The molecule has 3 heterocycles. The van der Waals surface area contributed by atoms with E-state index in [9.17, 15) is 14.7 Å². The highest BCUT2D eigenvalue weighted by molar-refractivity contribution is 5.93. The van der Waals surface area contributed by atoms with Gasteiger partial charge in [0.1, 0.15) is 17.6 Å². The lowest BCUT2D eigenvalue weighted by Crippen LogP contribution is -2.59. The summed E-state index contributed by atoms with van der Waals surface area (Å²) in [6, 6.07) is 1.73. The lowest BCUT2D eigenvalue weighted by molar-refractivity contribution is -0.253. The van der Waals surface area contributed by atoms with Crippen LogP contribution < -0.4 is 9.47 Å². The molecule has 9 heteroatoms. The van der Waals surface area contributed by atoms with Crippen LogP contribution in [0.4, 0.5) is 0 Å². The number of methoxy groups -OCH3 is 3. The van der Waals surface area contributed by atoms with Gasteiger partial charge in [-0.05, 0) is 38.7 Å². The third-order valence-corrected chi connectivity index (χ3v) is 7.63. The highest BCUT2D eigenvalue weighted by atomic mass is 16.7. The van der Waals surface area contributed by atoms with Gasteiger partial charge in [-0.2, -0.15) is 0 Å². The molecule has 34 heavy (non-hydrogen) atoms. The highest BCUT2D eigenvalue weighted by Crippen LogP contribution is 2.61. The Bertz CT molecular complexity index is 1090. The predicted octanol–water partition coefficient (Wildman–Crippen LogP) is 2.91. The van der Waals surface area contributed by atoms with Crippen molar-refractivity contribution in [3.63, 3.8) is 0 Å². The molecule has 3 aliphatic heterocycles. The van der Waals surface area contributed by atoms with Crippen molar-refractivity contribution in [2.24, 2.45) is 0 Å². The first kappa shape index (κ1) is 23.1. The van der Waals surface area contributed by atoms with Crippen LogP contribution in [0.5, 0.6) is 11.5 Å². The van der Waals surface area contributed by atoms with Crippen LogP contribution >= 0.6 is 0 Å². The van der Waals surface area contributed by atoms with Crippen LogP contribution in [0.25, 0.3) is 0 Å². The number of hydrogen-bond acceptors (Lipinski definition) is 9. The van der Waals surface area contributed by atoms with Crippen LogP contribution in [0.3, 0.4) is 0 Å². The molecule has 1 fully saturated rings. The molecular weight excluding hydrogens is 444 g/mol. The van der Waals surface area contributed by atoms with Crippen LogP contribution in [0.1, 0.15) is 68.7 Å². The van der Waals surface area contributed by atoms with Gasteiger partial charge in [0.05, 0.1) is 32.0 Å². The monoisotopic (exact) mass is 474 g/mol. The minimum absolute atomic E-state index is 0.270. The molecule has 1 aromatic rings. The van der Waals surface area contributed by atoms with Crippen molar-refractivity contribution in [2.75, 3.05) is 21.3 Å². The topological polar surface area (TPSA) is 110 Å². The summed E-state index contributed by atoms with van der Waals surface area (Å²) >= 11 is 0. The number of ether oxygens (including phenoxy) is 6. The Morgan fingerprint density at radius 2 is 1.91 bits per heavy atom. The number of aliphatic hydroxyl groups is 1. The highest BCUT2D eigenvalue weighted by Gasteiger charge is 2.62. The number of rotatable bonds is 5. The summed E-state index contributed by atoms with van der Waals surface area (Å²) in [7, 11) is 4.49. The Morgan fingerprint density at radius 1 is 1.18 bits per heavy atom. The number of carbonyl (C=O) groups is 2. The molecule has 1 N–H and O–H groups in total.